The second kappa shape index (κ2) is 8.62. The van der Waals surface area contributed by atoms with Crippen molar-refractivity contribution in [2.45, 2.75) is 26.5 Å². The van der Waals surface area contributed by atoms with Crippen LogP contribution >= 0.6 is 11.6 Å². The molecule has 0 fully saturated rings. The van der Waals surface area contributed by atoms with Gasteiger partial charge in [-0.15, -0.1) is 0 Å². The summed E-state index contributed by atoms with van der Waals surface area (Å²) in [4.78, 5) is 24.5. The monoisotopic (exact) mass is 363 g/mol. The van der Waals surface area contributed by atoms with Crippen molar-refractivity contribution in [1.82, 2.24) is 5.32 Å². The SMILES string of the molecule is CC(C)[C@H](NC(=O)c1ccccc1F)C(=O)OCc1ccc(Cl)cc1. The van der Waals surface area contributed by atoms with Gasteiger partial charge in [0, 0.05) is 5.02 Å². The molecule has 132 valence electrons. The number of halogens is 2. The number of carbonyl (C=O) groups excluding carboxylic acids is 2. The topological polar surface area (TPSA) is 55.4 Å². The Morgan fingerprint density at radius 2 is 1.76 bits per heavy atom. The van der Waals surface area contributed by atoms with Crippen LogP contribution in [-0.4, -0.2) is 17.9 Å². The Morgan fingerprint density at radius 3 is 2.36 bits per heavy atom. The molecule has 0 spiro atoms. The standard InChI is InChI=1S/C19H19ClFNO3/c1-12(2)17(22-18(23)15-5-3-4-6-16(15)21)19(24)25-11-13-7-9-14(20)10-8-13/h3-10,12,17H,11H2,1-2H3,(H,22,23)/t17-/m0/s1. The third-order valence-electron chi connectivity index (χ3n) is 3.62. The Balaban J connectivity index is 2.01. The van der Waals surface area contributed by atoms with Crippen molar-refractivity contribution in [1.29, 1.82) is 0 Å². The van der Waals surface area contributed by atoms with E-state index in [4.69, 9.17) is 16.3 Å². The molecule has 4 nitrogen and oxygen atoms in total. The van der Waals surface area contributed by atoms with E-state index < -0.39 is 23.7 Å². The van der Waals surface area contributed by atoms with E-state index >= 15 is 0 Å². The molecule has 0 aliphatic carbocycles. The van der Waals surface area contributed by atoms with Gasteiger partial charge in [0.25, 0.3) is 5.91 Å². The summed E-state index contributed by atoms with van der Waals surface area (Å²) in [5.74, 6) is -2.08. The van der Waals surface area contributed by atoms with Gasteiger partial charge in [0.15, 0.2) is 0 Å². The average molecular weight is 364 g/mol. The first kappa shape index (κ1) is 18.9. The van der Waals surface area contributed by atoms with E-state index in [-0.39, 0.29) is 18.1 Å². The summed E-state index contributed by atoms with van der Waals surface area (Å²) in [7, 11) is 0. The van der Waals surface area contributed by atoms with E-state index in [9.17, 15) is 14.0 Å². The molecule has 2 aromatic carbocycles. The zero-order valence-electron chi connectivity index (χ0n) is 14.0. The number of rotatable bonds is 6. The maximum absolute atomic E-state index is 13.7. The summed E-state index contributed by atoms with van der Waals surface area (Å²) in [5.41, 5.74) is 0.666. The highest BCUT2D eigenvalue weighted by Gasteiger charge is 2.27. The summed E-state index contributed by atoms with van der Waals surface area (Å²) in [5, 5.41) is 3.13. The Labute approximate surface area is 150 Å². The highest BCUT2D eigenvalue weighted by molar-refractivity contribution is 6.30. The lowest BCUT2D eigenvalue weighted by molar-refractivity contribution is -0.148. The van der Waals surface area contributed by atoms with Crippen LogP contribution in [0.3, 0.4) is 0 Å². The van der Waals surface area contributed by atoms with E-state index in [1.54, 1.807) is 44.2 Å². The number of hydrogen-bond donors (Lipinski definition) is 1. The van der Waals surface area contributed by atoms with Crippen LogP contribution in [0.2, 0.25) is 5.02 Å². The van der Waals surface area contributed by atoms with Crippen LogP contribution in [0.15, 0.2) is 48.5 Å². The van der Waals surface area contributed by atoms with Gasteiger partial charge in [-0.2, -0.15) is 0 Å². The van der Waals surface area contributed by atoms with Crippen molar-refractivity contribution in [2.75, 3.05) is 0 Å². The lowest BCUT2D eigenvalue weighted by Crippen LogP contribution is -2.45. The maximum atomic E-state index is 13.7. The first-order valence-electron chi connectivity index (χ1n) is 7.85. The number of carbonyl (C=O) groups is 2. The molecule has 1 atom stereocenters. The van der Waals surface area contributed by atoms with Gasteiger partial charge in [-0.05, 0) is 35.7 Å². The Morgan fingerprint density at radius 1 is 1.12 bits per heavy atom. The van der Waals surface area contributed by atoms with E-state index in [0.717, 1.165) is 5.56 Å². The maximum Gasteiger partial charge on any atom is 0.329 e. The molecule has 2 aromatic rings. The second-order valence-corrected chi connectivity index (χ2v) is 6.35. The first-order valence-corrected chi connectivity index (χ1v) is 8.22. The molecule has 1 N–H and O–H groups in total. The minimum absolute atomic E-state index is 0.0643. The lowest BCUT2D eigenvalue weighted by atomic mass is 10.0. The molecule has 0 unspecified atom stereocenters. The van der Waals surface area contributed by atoms with Gasteiger partial charge in [0.1, 0.15) is 18.5 Å². The van der Waals surface area contributed by atoms with E-state index in [1.807, 2.05) is 0 Å². The van der Waals surface area contributed by atoms with Crippen molar-refractivity contribution in [2.24, 2.45) is 5.92 Å². The summed E-state index contributed by atoms with van der Waals surface area (Å²) < 4.78 is 19.0. The van der Waals surface area contributed by atoms with Crippen molar-refractivity contribution in [3.8, 4) is 0 Å². The molecule has 0 aromatic heterocycles. The fourth-order valence-electron chi connectivity index (χ4n) is 2.19. The molecule has 2 rings (SSSR count). The zero-order chi connectivity index (χ0) is 18.4. The summed E-state index contributed by atoms with van der Waals surface area (Å²) in [6.07, 6.45) is 0. The van der Waals surface area contributed by atoms with Crippen LogP contribution in [0.25, 0.3) is 0 Å². The minimum Gasteiger partial charge on any atom is -0.459 e. The van der Waals surface area contributed by atoms with Crippen molar-refractivity contribution >= 4 is 23.5 Å². The van der Waals surface area contributed by atoms with E-state index in [0.29, 0.717) is 5.02 Å². The summed E-state index contributed by atoms with van der Waals surface area (Å²) in [6.45, 7) is 3.61. The lowest BCUT2D eigenvalue weighted by Gasteiger charge is -2.21. The van der Waals surface area contributed by atoms with Gasteiger partial charge in [-0.3, -0.25) is 4.79 Å². The van der Waals surface area contributed by atoms with E-state index in [2.05, 4.69) is 5.32 Å². The summed E-state index contributed by atoms with van der Waals surface area (Å²) >= 11 is 5.81. The van der Waals surface area contributed by atoms with E-state index in [1.165, 1.54) is 18.2 Å². The molecular weight excluding hydrogens is 345 g/mol. The highest BCUT2D eigenvalue weighted by Crippen LogP contribution is 2.13. The van der Waals surface area contributed by atoms with Gasteiger partial charge < -0.3 is 10.1 Å². The Bertz CT molecular complexity index is 747. The smallest absolute Gasteiger partial charge is 0.329 e. The predicted octanol–water partition coefficient (Wildman–Crippen LogP) is 3.98. The minimum atomic E-state index is -0.876. The van der Waals surface area contributed by atoms with Gasteiger partial charge in [0.2, 0.25) is 0 Å². The van der Waals surface area contributed by atoms with Crippen molar-refractivity contribution in [3.63, 3.8) is 0 Å². The fraction of sp³-hybridized carbons (Fsp3) is 0.263. The van der Waals surface area contributed by atoms with Gasteiger partial charge in [-0.25, -0.2) is 9.18 Å². The van der Waals surface area contributed by atoms with Crippen LogP contribution in [0.1, 0.15) is 29.8 Å². The largest absolute Gasteiger partial charge is 0.459 e. The summed E-state index contributed by atoms with van der Waals surface area (Å²) in [6, 6.07) is 11.6. The molecule has 0 saturated heterocycles. The average Bonchev–Trinajstić information content (AvgIpc) is 2.58. The molecular formula is C19H19ClFNO3. The molecule has 0 heterocycles. The Kier molecular flexibility index (Phi) is 6.53. The molecule has 0 aliphatic heterocycles. The van der Waals surface area contributed by atoms with Crippen LogP contribution in [0, 0.1) is 11.7 Å². The normalized spacial score (nSPS) is 11.9. The predicted molar refractivity (Wildman–Crippen MR) is 93.7 cm³/mol. The first-order chi connectivity index (χ1) is 11.9. The van der Waals surface area contributed by atoms with Crippen molar-refractivity contribution < 1.29 is 18.7 Å². The van der Waals surface area contributed by atoms with Crippen LogP contribution < -0.4 is 5.32 Å². The number of ether oxygens (including phenoxy) is 1. The number of nitrogens with one attached hydrogen (secondary N) is 1. The van der Waals surface area contributed by atoms with Crippen molar-refractivity contribution in [3.05, 3.63) is 70.5 Å². The van der Waals surface area contributed by atoms with Crippen LogP contribution in [0.4, 0.5) is 4.39 Å². The van der Waals surface area contributed by atoms with Crippen LogP contribution in [0.5, 0.6) is 0 Å². The zero-order valence-corrected chi connectivity index (χ0v) is 14.7. The molecule has 0 radical (unpaired) electrons. The van der Waals surface area contributed by atoms with Gasteiger partial charge >= 0.3 is 5.97 Å². The van der Waals surface area contributed by atoms with Crippen LogP contribution in [-0.2, 0) is 16.1 Å². The molecule has 1 amide bonds. The molecule has 25 heavy (non-hydrogen) atoms. The van der Waals surface area contributed by atoms with Gasteiger partial charge in [0.05, 0.1) is 5.56 Å². The third-order valence-corrected chi connectivity index (χ3v) is 3.87. The molecule has 0 aliphatic rings. The Hall–Kier alpha value is -2.40. The molecule has 0 saturated carbocycles. The quantitative estimate of drug-likeness (QED) is 0.790. The number of hydrogen-bond acceptors (Lipinski definition) is 3. The molecule has 0 bridgehead atoms. The fourth-order valence-corrected chi connectivity index (χ4v) is 2.31. The second-order valence-electron chi connectivity index (χ2n) is 5.91. The molecule has 6 heteroatoms. The van der Waals surface area contributed by atoms with Gasteiger partial charge in [-0.1, -0.05) is 49.7 Å². The number of amides is 1. The highest BCUT2D eigenvalue weighted by atomic mass is 35.5. The number of esters is 1. The third kappa shape index (κ3) is 5.29. The number of benzene rings is 2.